The van der Waals surface area contributed by atoms with E-state index >= 15 is 0 Å². The molecule has 4 rings (SSSR count). The van der Waals surface area contributed by atoms with Gasteiger partial charge < -0.3 is 13.8 Å². The lowest BCUT2D eigenvalue weighted by Crippen LogP contribution is -1.95. The third-order valence-corrected chi connectivity index (χ3v) is 4.08. The number of benzene rings is 2. The number of nitrogens with zero attached hydrogens (tertiary/aromatic N) is 4. The second kappa shape index (κ2) is 7.29. The van der Waals surface area contributed by atoms with Gasteiger partial charge in [0.1, 0.15) is 5.75 Å². The number of aryl methyl sites for hydroxylation is 1. The summed E-state index contributed by atoms with van der Waals surface area (Å²) in [6, 6.07) is 15.6. The van der Waals surface area contributed by atoms with Crippen LogP contribution in [0.4, 0.5) is 0 Å². The van der Waals surface area contributed by atoms with Gasteiger partial charge in [0.25, 0.3) is 5.89 Å². The molecule has 2 aromatic carbocycles. The molecule has 0 radical (unpaired) electrons. The van der Waals surface area contributed by atoms with E-state index in [9.17, 15) is 0 Å². The Hall–Kier alpha value is -3.67. The predicted octanol–water partition coefficient (Wildman–Crippen LogP) is 4.41. The number of hydrogen-bond donors (Lipinski definition) is 0. The maximum Gasteiger partial charge on any atom is 0.258 e. The maximum absolute atomic E-state index is 5.53. The van der Waals surface area contributed by atoms with Gasteiger partial charge >= 0.3 is 0 Å². The van der Waals surface area contributed by atoms with Gasteiger partial charge in [-0.2, -0.15) is 4.98 Å². The second-order valence-corrected chi connectivity index (χ2v) is 6.01. The van der Waals surface area contributed by atoms with Crippen molar-refractivity contribution in [2.45, 2.75) is 6.92 Å². The van der Waals surface area contributed by atoms with Gasteiger partial charge in [0.05, 0.1) is 24.8 Å². The summed E-state index contributed by atoms with van der Waals surface area (Å²) in [5, 5.41) is 4.00. The van der Waals surface area contributed by atoms with E-state index in [1.807, 2.05) is 78.4 Å². The van der Waals surface area contributed by atoms with Crippen molar-refractivity contribution in [1.29, 1.82) is 0 Å². The average molecular weight is 358 g/mol. The molecule has 2 aromatic heterocycles. The van der Waals surface area contributed by atoms with E-state index in [2.05, 4.69) is 15.1 Å². The standard InChI is InChI=1S/C21H18N4O2/c1-15-13-25(14-22-15)18-10-8-16(12-19(18)26-2)9-11-20-23-21(27-24-20)17-6-4-3-5-7-17/h3-14H,1-2H3/b11-9+. The Bertz CT molecular complexity index is 1080. The number of methoxy groups -OCH3 is 1. The van der Waals surface area contributed by atoms with Crippen LogP contribution in [0, 0.1) is 6.92 Å². The fourth-order valence-electron chi connectivity index (χ4n) is 2.74. The SMILES string of the molecule is COc1cc(/C=C/c2noc(-c3ccccc3)n2)ccc1-n1cnc(C)c1. The predicted molar refractivity (Wildman–Crippen MR) is 104 cm³/mol. The largest absolute Gasteiger partial charge is 0.495 e. The molecule has 0 spiro atoms. The molecule has 27 heavy (non-hydrogen) atoms. The Morgan fingerprint density at radius 2 is 1.93 bits per heavy atom. The Kier molecular flexibility index (Phi) is 4.53. The van der Waals surface area contributed by atoms with Crippen molar-refractivity contribution >= 4 is 12.2 Å². The molecule has 0 aliphatic rings. The third kappa shape index (κ3) is 3.64. The zero-order valence-corrected chi connectivity index (χ0v) is 15.0. The molecule has 0 unspecified atom stereocenters. The van der Waals surface area contributed by atoms with E-state index in [-0.39, 0.29) is 0 Å². The van der Waals surface area contributed by atoms with Gasteiger partial charge in [-0.15, -0.1) is 0 Å². The lowest BCUT2D eigenvalue weighted by atomic mass is 10.1. The van der Waals surface area contributed by atoms with Crippen molar-refractivity contribution in [2.75, 3.05) is 7.11 Å². The molecule has 0 saturated heterocycles. The van der Waals surface area contributed by atoms with E-state index < -0.39 is 0 Å². The summed E-state index contributed by atoms with van der Waals surface area (Å²) in [5.41, 5.74) is 3.75. The molecule has 6 nitrogen and oxygen atoms in total. The highest BCUT2D eigenvalue weighted by atomic mass is 16.5. The molecular formula is C21H18N4O2. The molecule has 4 aromatic rings. The molecule has 0 N–H and O–H groups in total. The Labute approximate surface area is 156 Å². The summed E-state index contributed by atoms with van der Waals surface area (Å²) < 4.78 is 12.8. The highest BCUT2D eigenvalue weighted by Crippen LogP contribution is 2.25. The summed E-state index contributed by atoms with van der Waals surface area (Å²) in [4.78, 5) is 8.66. The van der Waals surface area contributed by atoms with E-state index in [0.29, 0.717) is 11.7 Å². The number of rotatable bonds is 5. The zero-order chi connectivity index (χ0) is 18.6. The number of hydrogen-bond acceptors (Lipinski definition) is 5. The van der Waals surface area contributed by atoms with Gasteiger partial charge in [0.15, 0.2) is 5.82 Å². The molecule has 2 heterocycles. The summed E-state index contributed by atoms with van der Waals surface area (Å²) in [7, 11) is 1.65. The van der Waals surface area contributed by atoms with E-state index in [1.165, 1.54) is 0 Å². The minimum atomic E-state index is 0.499. The number of aromatic nitrogens is 4. The highest BCUT2D eigenvalue weighted by molar-refractivity contribution is 5.69. The Morgan fingerprint density at radius 1 is 1.07 bits per heavy atom. The summed E-state index contributed by atoms with van der Waals surface area (Å²) >= 11 is 0. The van der Waals surface area contributed by atoms with Gasteiger partial charge in [-0.1, -0.05) is 35.5 Å². The van der Waals surface area contributed by atoms with Gasteiger partial charge in [0, 0.05) is 11.8 Å². The summed E-state index contributed by atoms with van der Waals surface area (Å²) in [6.07, 6.45) is 7.46. The minimum Gasteiger partial charge on any atom is -0.495 e. The summed E-state index contributed by atoms with van der Waals surface area (Å²) in [6.45, 7) is 1.95. The Balaban J connectivity index is 1.57. The van der Waals surface area contributed by atoms with Crippen LogP contribution in [-0.4, -0.2) is 26.8 Å². The average Bonchev–Trinajstić information content (AvgIpc) is 3.36. The smallest absolute Gasteiger partial charge is 0.258 e. The van der Waals surface area contributed by atoms with Crippen LogP contribution in [0.2, 0.25) is 0 Å². The molecule has 6 heteroatoms. The van der Waals surface area contributed by atoms with Crippen LogP contribution >= 0.6 is 0 Å². The molecule has 0 saturated carbocycles. The van der Waals surface area contributed by atoms with Crippen LogP contribution in [0.3, 0.4) is 0 Å². The van der Waals surface area contributed by atoms with Crippen molar-refractivity contribution in [3.8, 4) is 22.9 Å². The van der Waals surface area contributed by atoms with E-state index in [4.69, 9.17) is 9.26 Å². The Morgan fingerprint density at radius 3 is 2.67 bits per heavy atom. The monoisotopic (exact) mass is 358 g/mol. The van der Waals surface area contributed by atoms with Gasteiger partial charge in [-0.3, -0.25) is 0 Å². The quantitative estimate of drug-likeness (QED) is 0.529. The fourth-order valence-corrected chi connectivity index (χ4v) is 2.74. The van der Waals surface area contributed by atoms with Crippen LogP contribution in [0.25, 0.3) is 29.3 Å². The second-order valence-electron chi connectivity index (χ2n) is 6.01. The van der Waals surface area contributed by atoms with Crippen LogP contribution < -0.4 is 4.74 Å². The summed E-state index contributed by atoms with van der Waals surface area (Å²) in [5.74, 6) is 1.77. The first-order chi connectivity index (χ1) is 13.2. The van der Waals surface area contributed by atoms with Crippen LogP contribution in [-0.2, 0) is 0 Å². The molecule has 0 bridgehead atoms. The van der Waals surface area contributed by atoms with Crippen molar-refractivity contribution in [3.63, 3.8) is 0 Å². The van der Waals surface area contributed by atoms with Gasteiger partial charge in [-0.25, -0.2) is 4.98 Å². The normalized spacial score (nSPS) is 11.2. The lowest BCUT2D eigenvalue weighted by molar-refractivity contribution is 0.413. The maximum atomic E-state index is 5.53. The fraction of sp³-hybridized carbons (Fsp3) is 0.0952. The third-order valence-electron chi connectivity index (χ3n) is 4.08. The van der Waals surface area contributed by atoms with Crippen molar-refractivity contribution in [3.05, 3.63) is 78.1 Å². The zero-order valence-electron chi connectivity index (χ0n) is 15.0. The molecule has 0 aliphatic heterocycles. The van der Waals surface area contributed by atoms with E-state index in [1.54, 1.807) is 13.4 Å². The van der Waals surface area contributed by atoms with Crippen molar-refractivity contribution < 1.29 is 9.26 Å². The van der Waals surface area contributed by atoms with E-state index in [0.717, 1.165) is 28.3 Å². The molecule has 0 amide bonds. The van der Waals surface area contributed by atoms with Crippen LogP contribution in [0.5, 0.6) is 5.75 Å². The van der Waals surface area contributed by atoms with Gasteiger partial charge in [0.2, 0.25) is 0 Å². The molecule has 0 aliphatic carbocycles. The first kappa shape index (κ1) is 16.8. The number of ether oxygens (including phenoxy) is 1. The molecule has 0 fully saturated rings. The minimum absolute atomic E-state index is 0.499. The topological polar surface area (TPSA) is 66.0 Å². The lowest BCUT2D eigenvalue weighted by Gasteiger charge is -2.09. The van der Waals surface area contributed by atoms with Crippen LogP contribution in [0.1, 0.15) is 17.1 Å². The van der Waals surface area contributed by atoms with Crippen molar-refractivity contribution in [2.24, 2.45) is 0 Å². The molecule has 0 atom stereocenters. The highest BCUT2D eigenvalue weighted by Gasteiger charge is 2.08. The van der Waals surface area contributed by atoms with Crippen LogP contribution in [0.15, 0.2) is 65.6 Å². The van der Waals surface area contributed by atoms with Gasteiger partial charge in [-0.05, 0) is 42.8 Å². The molecule has 134 valence electrons. The van der Waals surface area contributed by atoms with Crippen molar-refractivity contribution in [1.82, 2.24) is 19.7 Å². The molecular weight excluding hydrogens is 340 g/mol. The number of imidazole rings is 1. The first-order valence-corrected chi connectivity index (χ1v) is 8.49. The first-order valence-electron chi connectivity index (χ1n) is 8.49.